The fourth-order valence-electron chi connectivity index (χ4n) is 3.45. The van der Waals surface area contributed by atoms with E-state index in [2.05, 4.69) is 10.0 Å². The summed E-state index contributed by atoms with van der Waals surface area (Å²) in [6.45, 7) is 1.85. The summed E-state index contributed by atoms with van der Waals surface area (Å²) in [4.78, 5) is 12.7. The van der Waals surface area contributed by atoms with E-state index in [1.54, 1.807) is 18.2 Å². The van der Waals surface area contributed by atoms with Crippen LogP contribution in [-0.2, 0) is 10.0 Å². The Hall–Kier alpha value is -2.09. The number of benzene rings is 2. The number of ether oxygens (including phenoxy) is 1. The Labute approximate surface area is 176 Å². The van der Waals surface area contributed by atoms with Gasteiger partial charge in [-0.1, -0.05) is 36.9 Å². The van der Waals surface area contributed by atoms with Crippen molar-refractivity contribution in [3.8, 4) is 5.75 Å². The van der Waals surface area contributed by atoms with Crippen molar-refractivity contribution in [2.75, 3.05) is 12.4 Å². The monoisotopic (exact) mass is 436 g/mol. The predicted octanol–water partition coefficient (Wildman–Crippen LogP) is 4.52. The summed E-state index contributed by atoms with van der Waals surface area (Å²) in [6, 6.07) is 9.48. The number of methoxy groups -OCH3 is 1. The minimum absolute atomic E-state index is 0.0407. The summed E-state index contributed by atoms with van der Waals surface area (Å²) < 4.78 is 33.9. The smallest absolute Gasteiger partial charge is 0.255 e. The second kappa shape index (κ2) is 9.15. The fraction of sp³-hybridized carbons (Fsp3) is 0.381. The number of aryl methyl sites for hydroxylation is 1. The lowest BCUT2D eigenvalue weighted by molar-refractivity contribution is 0.102. The third kappa shape index (κ3) is 5.29. The minimum Gasteiger partial charge on any atom is -0.495 e. The number of hydrogen-bond acceptors (Lipinski definition) is 4. The van der Waals surface area contributed by atoms with Crippen LogP contribution >= 0.6 is 11.6 Å². The Morgan fingerprint density at radius 1 is 1.10 bits per heavy atom. The highest BCUT2D eigenvalue weighted by Gasteiger charge is 2.26. The summed E-state index contributed by atoms with van der Waals surface area (Å²) in [5.41, 5.74) is 1.64. The van der Waals surface area contributed by atoms with Crippen molar-refractivity contribution >= 4 is 33.2 Å². The van der Waals surface area contributed by atoms with Crippen molar-refractivity contribution in [1.82, 2.24) is 4.72 Å². The normalized spacial score (nSPS) is 15.1. The zero-order valence-electron chi connectivity index (χ0n) is 16.5. The first kappa shape index (κ1) is 21.6. The molecule has 0 aliphatic heterocycles. The molecular weight excluding hydrogens is 412 g/mol. The molecule has 156 valence electrons. The van der Waals surface area contributed by atoms with Crippen LogP contribution in [-0.4, -0.2) is 27.5 Å². The van der Waals surface area contributed by atoms with Crippen LogP contribution in [0, 0.1) is 6.92 Å². The van der Waals surface area contributed by atoms with Gasteiger partial charge < -0.3 is 10.1 Å². The van der Waals surface area contributed by atoms with Crippen molar-refractivity contribution < 1.29 is 17.9 Å². The number of anilines is 1. The highest BCUT2D eigenvalue weighted by atomic mass is 35.5. The van der Waals surface area contributed by atoms with E-state index in [4.69, 9.17) is 16.3 Å². The maximum Gasteiger partial charge on any atom is 0.255 e. The summed E-state index contributed by atoms with van der Waals surface area (Å²) >= 11 is 6.01. The van der Waals surface area contributed by atoms with Crippen LogP contribution in [0.5, 0.6) is 5.75 Å². The molecule has 0 aromatic heterocycles. The topological polar surface area (TPSA) is 84.5 Å². The number of halogens is 1. The van der Waals surface area contributed by atoms with Gasteiger partial charge in [-0.15, -0.1) is 0 Å². The lowest BCUT2D eigenvalue weighted by Crippen LogP contribution is -2.36. The average Bonchev–Trinajstić information content (AvgIpc) is 2.70. The quantitative estimate of drug-likeness (QED) is 0.697. The molecular formula is C21H25ClN2O4S. The number of amides is 1. The van der Waals surface area contributed by atoms with E-state index in [1.807, 2.05) is 6.92 Å². The Morgan fingerprint density at radius 3 is 2.52 bits per heavy atom. The van der Waals surface area contributed by atoms with Gasteiger partial charge in [-0.25, -0.2) is 13.1 Å². The fourth-order valence-corrected chi connectivity index (χ4v) is 5.13. The minimum atomic E-state index is -3.82. The SMILES string of the molecule is COc1ccc(C(=O)Nc2cc(Cl)ccc2C)cc1S(=O)(=O)NC1CCCCC1. The molecule has 1 saturated carbocycles. The predicted molar refractivity (Wildman–Crippen MR) is 114 cm³/mol. The van der Waals surface area contributed by atoms with Crippen molar-refractivity contribution in [3.05, 3.63) is 52.5 Å². The van der Waals surface area contributed by atoms with Crippen LogP contribution in [0.4, 0.5) is 5.69 Å². The number of carbonyl (C=O) groups excluding carboxylic acids is 1. The van der Waals surface area contributed by atoms with Gasteiger partial charge in [0.25, 0.3) is 5.91 Å². The molecule has 2 N–H and O–H groups in total. The first-order chi connectivity index (χ1) is 13.8. The van der Waals surface area contributed by atoms with Crippen LogP contribution in [0.15, 0.2) is 41.3 Å². The van der Waals surface area contributed by atoms with Crippen LogP contribution in [0.3, 0.4) is 0 Å². The maximum absolute atomic E-state index is 13.0. The lowest BCUT2D eigenvalue weighted by Gasteiger charge is -2.23. The first-order valence-corrected chi connectivity index (χ1v) is 11.4. The molecule has 1 amide bonds. The van der Waals surface area contributed by atoms with Crippen molar-refractivity contribution in [2.24, 2.45) is 0 Å². The zero-order valence-corrected chi connectivity index (χ0v) is 18.1. The van der Waals surface area contributed by atoms with Crippen LogP contribution in [0.2, 0.25) is 5.02 Å². The van der Waals surface area contributed by atoms with Gasteiger partial charge in [0.2, 0.25) is 10.0 Å². The molecule has 2 aromatic rings. The van der Waals surface area contributed by atoms with Crippen LogP contribution in [0.25, 0.3) is 0 Å². The summed E-state index contributed by atoms with van der Waals surface area (Å²) in [7, 11) is -2.42. The van der Waals surface area contributed by atoms with Gasteiger partial charge in [-0.2, -0.15) is 0 Å². The molecule has 0 radical (unpaired) electrons. The molecule has 0 unspecified atom stereocenters. The third-order valence-electron chi connectivity index (χ3n) is 5.09. The van der Waals surface area contributed by atoms with Crippen LogP contribution < -0.4 is 14.8 Å². The zero-order chi connectivity index (χ0) is 21.0. The second-order valence-electron chi connectivity index (χ2n) is 7.24. The highest BCUT2D eigenvalue weighted by molar-refractivity contribution is 7.89. The molecule has 6 nitrogen and oxygen atoms in total. The van der Waals surface area contributed by atoms with Gasteiger partial charge in [-0.05, 0) is 55.7 Å². The third-order valence-corrected chi connectivity index (χ3v) is 6.87. The Balaban J connectivity index is 1.87. The first-order valence-electron chi connectivity index (χ1n) is 9.58. The molecule has 2 aromatic carbocycles. The second-order valence-corrected chi connectivity index (χ2v) is 9.35. The molecule has 0 bridgehead atoms. The maximum atomic E-state index is 13.0. The number of hydrogen-bond donors (Lipinski definition) is 2. The average molecular weight is 437 g/mol. The van der Waals surface area contributed by atoms with E-state index in [1.165, 1.54) is 25.3 Å². The number of carbonyl (C=O) groups is 1. The Kier molecular flexibility index (Phi) is 6.82. The van der Waals surface area contributed by atoms with E-state index in [9.17, 15) is 13.2 Å². The van der Waals surface area contributed by atoms with Gasteiger partial charge in [0.15, 0.2) is 0 Å². The van der Waals surface area contributed by atoms with Crippen molar-refractivity contribution in [2.45, 2.75) is 50.0 Å². The van der Waals surface area contributed by atoms with E-state index < -0.39 is 15.9 Å². The van der Waals surface area contributed by atoms with Gasteiger partial charge >= 0.3 is 0 Å². The molecule has 1 fully saturated rings. The molecule has 3 rings (SSSR count). The van der Waals surface area contributed by atoms with Crippen molar-refractivity contribution in [3.63, 3.8) is 0 Å². The van der Waals surface area contributed by atoms with Gasteiger partial charge in [-0.3, -0.25) is 4.79 Å². The molecule has 0 heterocycles. The summed E-state index contributed by atoms with van der Waals surface area (Å²) in [5, 5.41) is 3.29. The molecule has 1 aliphatic rings. The Bertz CT molecular complexity index is 1000. The highest BCUT2D eigenvalue weighted by Crippen LogP contribution is 2.28. The molecule has 29 heavy (non-hydrogen) atoms. The van der Waals surface area contributed by atoms with E-state index in [-0.39, 0.29) is 22.3 Å². The largest absolute Gasteiger partial charge is 0.495 e. The number of nitrogens with one attached hydrogen (secondary N) is 2. The van der Waals surface area contributed by atoms with Crippen LogP contribution in [0.1, 0.15) is 48.0 Å². The molecule has 0 atom stereocenters. The van der Waals surface area contributed by atoms with E-state index >= 15 is 0 Å². The lowest BCUT2D eigenvalue weighted by atomic mass is 9.96. The van der Waals surface area contributed by atoms with E-state index in [0.29, 0.717) is 10.7 Å². The number of sulfonamides is 1. The standard InChI is InChI=1S/C21H25ClN2O4S/c1-14-8-10-16(22)13-18(14)23-21(25)15-9-11-19(28-2)20(12-15)29(26,27)24-17-6-4-3-5-7-17/h8-13,17,24H,3-7H2,1-2H3,(H,23,25). The number of rotatable bonds is 6. The van der Waals surface area contributed by atoms with Crippen molar-refractivity contribution in [1.29, 1.82) is 0 Å². The summed E-state index contributed by atoms with van der Waals surface area (Å²) in [6.07, 6.45) is 4.77. The van der Waals surface area contributed by atoms with Gasteiger partial charge in [0.1, 0.15) is 10.6 Å². The van der Waals surface area contributed by atoms with E-state index in [0.717, 1.165) is 37.7 Å². The van der Waals surface area contributed by atoms with Gasteiger partial charge in [0, 0.05) is 22.3 Å². The molecule has 8 heteroatoms. The van der Waals surface area contributed by atoms with Gasteiger partial charge in [0.05, 0.1) is 7.11 Å². The summed E-state index contributed by atoms with van der Waals surface area (Å²) in [5.74, 6) is -0.226. The Morgan fingerprint density at radius 2 is 1.83 bits per heavy atom. The molecule has 0 saturated heterocycles. The molecule has 0 spiro atoms. The molecule has 1 aliphatic carbocycles.